The molecule has 5 heteroatoms. The standard InChI is InChI=1S/C9H7F3N2/c10-8-2-1-6(5-13)3-7(8)4-9(11,12)14/h1-3H,4,14H2. The minimum absolute atomic E-state index is 0.130. The van der Waals surface area contributed by atoms with E-state index in [1.165, 1.54) is 6.07 Å². The molecule has 0 aliphatic heterocycles. The minimum Gasteiger partial charge on any atom is -0.272 e. The van der Waals surface area contributed by atoms with Crippen molar-refractivity contribution < 1.29 is 13.2 Å². The van der Waals surface area contributed by atoms with Gasteiger partial charge in [-0.05, 0) is 23.8 Å². The number of nitriles is 1. The average Bonchev–Trinajstić information content (AvgIpc) is 2.06. The lowest BCUT2D eigenvalue weighted by molar-refractivity contribution is 0.00790. The van der Waals surface area contributed by atoms with E-state index in [9.17, 15) is 13.2 Å². The van der Waals surface area contributed by atoms with Gasteiger partial charge in [0.1, 0.15) is 5.82 Å². The molecule has 0 aromatic heterocycles. The van der Waals surface area contributed by atoms with E-state index in [2.05, 4.69) is 5.73 Å². The molecule has 0 aliphatic carbocycles. The zero-order valence-corrected chi connectivity index (χ0v) is 7.10. The minimum atomic E-state index is -3.46. The van der Waals surface area contributed by atoms with Gasteiger partial charge in [0.25, 0.3) is 0 Å². The van der Waals surface area contributed by atoms with Crippen LogP contribution in [0.25, 0.3) is 0 Å². The number of hydrogen-bond acceptors (Lipinski definition) is 2. The average molecular weight is 200 g/mol. The fourth-order valence-corrected chi connectivity index (χ4v) is 1.03. The number of nitrogens with two attached hydrogens (primary N) is 1. The van der Waals surface area contributed by atoms with Gasteiger partial charge in [-0.1, -0.05) is 0 Å². The predicted molar refractivity (Wildman–Crippen MR) is 44.0 cm³/mol. The summed E-state index contributed by atoms with van der Waals surface area (Å²) in [5.74, 6) is -0.783. The number of benzene rings is 1. The largest absolute Gasteiger partial charge is 0.304 e. The summed E-state index contributed by atoms with van der Waals surface area (Å²) in [4.78, 5) is 0. The van der Waals surface area contributed by atoms with Gasteiger partial charge < -0.3 is 0 Å². The normalized spacial score (nSPS) is 11.1. The second-order valence-corrected chi connectivity index (χ2v) is 2.86. The monoisotopic (exact) mass is 200 g/mol. The topological polar surface area (TPSA) is 49.8 Å². The molecule has 1 aromatic carbocycles. The Bertz CT molecular complexity index is 377. The first-order valence-electron chi connectivity index (χ1n) is 3.77. The maximum absolute atomic E-state index is 12.9. The molecule has 0 saturated heterocycles. The zero-order chi connectivity index (χ0) is 10.8. The molecule has 14 heavy (non-hydrogen) atoms. The molecular formula is C9H7F3N2. The second kappa shape index (κ2) is 3.68. The fourth-order valence-electron chi connectivity index (χ4n) is 1.03. The van der Waals surface area contributed by atoms with E-state index in [0.717, 1.165) is 12.1 Å². The van der Waals surface area contributed by atoms with Crippen molar-refractivity contribution in [3.63, 3.8) is 0 Å². The maximum Gasteiger partial charge on any atom is 0.304 e. The summed E-state index contributed by atoms with van der Waals surface area (Å²) in [6.45, 7) is 0. The Kier molecular flexibility index (Phi) is 2.77. The van der Waals surface area contributed by atoms with Crippen LogP contribution in [0.1, 0.15) is 11.1 Å². The van der Waals surface area contributed by atoms with Crippen molar-refractivity contribution in [3.8, 4) is 6.07 Å². The SMILES string of the molecule is N#Cc1ccc(F)c(CC(N)(F)F)c1. The van der Waals surface area contributed by atoms with Crippen molar-refractivity contribution >= 4 is 0 Å². The molecule has 74 valence electrons. The molecule has 0 spiro atoms. The van der Waals surface area contributed by atoms with Crippen LogP contribution < -0.4 is 5.73 Å². The third-order valence-corrected chi connectivity index (χ3v) is 1.60. The smallest absolute Gasteiger partial charge is 0.272 e. The lowest BCUT2D eigenvalue weighted by atomic mass is 10.1. The van der Waals surface area contributed by atoms with Crippen molar-refractivity contribution in [2.45, 2.75) is 12.5 Å². The Morgan fingerprint density at radius 3 is 2.57 bits per heavy atom. The molecule has 0 amide bonds. The first-order valence-corrected chi connectivity index (χ1v) is 3.77. The Morgan fingerprint density at radius 1 is 1.43 bits per heavy atom. The van der Waals surface area contributed by atoms with Gasteiger partial charge in [0.15, 0.2) is 0 Å². The Morgan fingerprint density at radius 2 is 2.07 bits per heavy atom. The molecule has 1 rings (SSSR count). The summed E-state index contributed by atoms with van der Waals surface area (Å²) < 4.78 is 37.6. The number of hydrogen-bond donors (Lipinski definition) is 1. The van der Waals surface area contributed by atoms with Gasteiger partial charge in [0.05, 0.1) is 18.1 Å². The van der Waals surface area contributed by atoms with E-state index >= 15 is 0 Å². The Labute approximate surface area is 78.8 Å². The number of alkyl halides is 2. The number of rotatable bonds is 2. The van der Waals surface area contributed by atoms with Crippen LogP contribution in [0.4, 0.5) is 13.2 Å². The lowest BCUT2D eigenvalue weighted by Crippen LogP contribution is -2.31. The number of halogens is 3. The molecular weight excluding hydrogens is 193 g/mol. The van der Waals surface area contributed by atoms with Gasteiger partial charge >= 0.3 is 6.05 Å². The molecule has 2 N–H and O–H groups in total. The quantitative estimate of drug-likeness (QED) is 0.740. The second-order valence-electron chi connectivity index (χ2n) is 2.86. The molecule has 1 aromatic rings. The van der Waals surface area contributed by atoms with E-state index in [1.807, 2.05) is 0 Å². The van der Waals surface area contributed by atoms with Crippen LogP contribution in [0, 0.1) is 17.1 Å². The van der Waals surface area contributed by atoms with E-state index in [1.54, 1.807) is 6.07 Å². The van der Waals surface area contributed by atoms with Crippen molar-refractivity contribution in [3.05, 3.63) is 35.1 Å². The Balaban J connectivity index is 3.03. The van der Waals surface area contributed by atoms with Gasteiger partial charge in [-0.3, -0.25) is 5.73 Å². The zero-order valence-electron chi connectivity index (χ0n) is 7.10. The van der Waals surface area contributed by atoms with Crippen LogP contribution >= 0.6 is 0 Å². The van der Waals surface area contributed by atoms with Crippen molar-refractivity contribution in [1.29, 1.82) is 5.26 Å². The third-order valence-electron chi connectivity index (χ3n) is 1.60. The first-order chi connectivity index (χ1) is 6.42. The summed E-state index contributed by atoms with van der Waals surface area (Å²) in [5.41, 5.74) is 4.32. The fraction of sp³-hybridized carbons (Fsp3) is 0.222. The summed E-state index contributed by atoms with van der Waals surface area (Å²) in [7, 11) is 0. The van der Waals surface area contributed by atoms with Crippen LogP contribution in [0.3, 0.4) is 0 Å². The van der Waals surface area contributed by atoms with Crippen molar-refractivity contribution in [2.75, 3.05) is 0 Å². The lowest BCUT2D eigenvalue weighted by Gasteiger charge is -2.10. The van der Waals surface area contributed by atoms with Crippen LogP contribution in [0.2, 0.25) is 0 Å². The third kappa shape index (κ3) is 2.75. The summed E-state index contributed by atoms with van der Waals surface area (Å²) in [5, 5.41) is 8.46. The molecule has 0 saturated carbocycles. The van der Waals surface area contributed by atoms with E-state index in [-0.39, 0.29) is 11.1 Å². The highest BCUT2D eigenvalue weighted by molar-refractivity contribution is 5.34. The van der Waals surface area contributed by atoms with Gasteiger partial charge in [0, 0.05) is 0 Å². The van der Waals surface area contributed by atoms with Gasteiger partial charge in [-0.25, -0.2) is 4.39 Å². The van der Waals surface area contributed by atoms with E-state index in [0.29, 0.717) is 0 Å². The van der Waals surface area contributed by atoms with Crippen molar-refractivity contribution in [2.24, 2.45) is 5.73 Å². The Hall–Kier alpha value is -1.54. The molecule has 0 fully saturated rings. The highest BCUT2D eigenvalue weighted by atomic mass is 19.3. The van der Waals surface area contributed by atoms with Crippen LogP contribution in [-0.4, -0.2) is 6.05 Å². The molecule has 2 nitrogen and oxygen atoms in total. The molecule has 0 heterocycles. The van der Waals surface area contributed by atoms with Crippen molar-refractivity contribution in [1.82, 2.24) is 0 Å². The highest BCUT2D eigenvalue weighted by Gasteiger charge is 2.24. The number of nitrogens with zero attached hydrogens (tertiary/aromatic N) is 1. The van der Waals surface area contributed by atoms with E-state index in [4.69, 9.17) is 5.26 Å². The first kappa shape index (κ1) is 10.5. The van der Waals surface area contributed by atoms with Gasteiger partial charge in [-0.15, -0.1) is 0 Å². The molecule has 0 bridgehead atoms. The predicted octanol–water partition coefficient (Wildman–Crippen LogP) is 1.79. The summed E-state index contributed by atoms with van der Waals surface area (Å²) in [6, 6.07) is 1.52. The molecule has 0 radical (unpaired) electrons. The summed E-state index contributed by atoms with van der Waals surface area (Å²) >= 11 is 0. The van der Waals surface area contributed by atoms with Gasteiger partial charge in [0.2, 0.25) is 0 Å². The molecule has 0 aliphatic rings. The highest BCUT2D eigenvalue weighted by Crippen LogP contribution is 2.17. The van der Waals surface area contributed by atoms with E-state index < -0.39 is 18.3 Å². The summed E-state index contributed by atoms with van der Waals surface area (Å²) in [6.07, 6.45) is -0.908. The van der Waals surface area contributed by atoms with Crippen LogP contribution in [0.15, 0.2) is 18.2 Å². The van der Waals surface area contributed by atoms with Gasteiger partial charge in [-0.2, -0.15) is 14.0 Å². The van der Waals surface area contributed by atoms with Crippen LogP contribution in [0.5, 0.6) is 0 Å². The van der Waals surface area contributed by atoms with Crippen LogP contribution in [-0.2, 0) is 6.42 Å². The molecule has 0 atom stereocenters. The molecule has 0 unspecified atom stereocenters. The maximum atomic E-state index is 12.9.